The van der Waals surface area contributed by atoms with E-state index in [1.165, 1.54) is 25.1 Å². The fourth-order valence-electron chi connectivity index (χ4n) is 1.00. The van der Waals surface area contributed by atoms with E-state index in [0.717, 1.165) is 6.07 Å². The summed E-state index contributed by atoms with van der Waals surface area (Å²) in [5.74, 6) is -0.493. The minimum absolute atomic E-state index is 0.213. The highest BCUT2D eigenvalue weighted by Gasteiger charge is 2.08. The number of alkyl carbamates (subject to hydrolysis) is 1. The molecule has 0 aliphatic rings. The van der Waals surface area contributed by atoms with E-state index in [9.17, 15) is 9.18 Å². The average molecular weight is 222 g/mol. The molecule has 0 aliphatic heterocycles. The van der Waals surface area contributed by atoms with Gasteiger partial charge in [0, 0.05) is 5.56 Å². The first-order valence-corrected chi connectivity index (χ1v) is 4.48. The third-order valence-electron chi connectivity index (χ3n) is 1.61. The number of amidine groups is 1. The average Bonchev–Trinajstić information content (AvgIpc) is 2.16. The summed E-state index contributed by atoms with van der Waals surface area (Å²) in [7, 11) is 0. The maximum Gasteiger partial charge on any atom is 0.417 e. The van der Waals surface area contributed by atoms with Gasteiger partial charge in [-0.25, -0.2) is 9.18 Å². The van der Waals surface area contributed by atoms with Crippen molar-refractivity contribution in [2.75, 3.05) is 0 Å². The number of allylic oxidation sites excluding steroid dienone is 1. The molecule has 0 unspecified atom stereocenters. The molecule has 0 atom stereocenters. The SMILES string of the molecule is C=C(C)OC(=O)NC(=N)c1cccc(F)c1. The molecule has 0 aliphatic carbocycles. The van der Waals surface area contributed by atoms with Crippen molar-refractivity contribution in [1.82, 2.24) is 5.32 Å². The summed E-state index contributed by atoms with van der Waals surface area (Å²) in [6, 6.07) is 5.35. The van der Waals surface area contributed by atoms with Crippen LogP contribution in [0.2, 0.25) is 0 Å². The minimum atomic E-state index is -0.818. The molecule has 0 aromatic heterocycles. The number of rotatable bonds is 2. The zero-order valence-corrected chi connectivity index (χ0v) is 8.71. The number of hydrogen-bond acceptors (Lipinski definition) is 3. The topological polar surface area (TPSA) is 62.2 Å². The molecule has 5 heteroatoms. The van der Waals surface area contributed by atoms with Gasteiger partial charge in [-0.05, 0) is 19.1 Å². The first-order chi connectivity index (χ1) is 7.49. The predicted molar refractivity (Wildman–Crippen MR) is 57.7 cm³/mol. The Morgan fingerprint density at radius 1 is 1.56 bits per heavy atom. The van der Waals surface area contributed by atoms with Gasteiger partial charge in [-0.15, -0.1) is 0 Å². The van der Waals surface area contributed by atoms with Crippen molar-refractivity contribution >= 4 is 11.9 Å². The Labute approximate surface area is 92.2 Å². The standard InChI is InChI=1S/C11H11FN2O2/c1-7(2)16-11(15)14-10(13)8-4-3-5-9(12)6-8/h3-6H,1H2,2H3,(H2,13,14,15). The second kappa shape index (κ2) is 5.06. The van der Waals surface area contributed by atoms with Crippen LogP contribution in [0.1, 0.15) is 12.5 Å². The molecule has 0 heterocycles. The minimum Gasteiger partial charge on any atom is -0.416 e. The second-order valence-electron chi connectivity index (χ2n) is 3.10. The molecule has 0 saturated heterocycles. The molecule has 16 heavy (non-hydrogen) atoms. The molecular formula is C11H11FN2O2. The number of carbonyl (C=O) groups is 1. The first kappa shape index (κ1) is 11.9. The van der Waals surface area contributed by atoms with E-state index in [0.29, 0.717) is 0 Å². The molecule has 0 spiro atoms. The van der Waals surface area contributed by atoms with Crippen LogP contribution in [0.3, 0.4) is 0 Å². The Hall–Kier alpha value is -2.17. The number of amides is 1. The second-order valence-corrected chi connectivity index (χ2v) is 3.10. The van der Waals surface area contributed by atoms with Crippen LogP contribution in [-0.4, -0.2) is 11.9 Å². The van der Waals surface area contributed by atoms with Gasteiger partial charge in [0.05, 0.1) is 5.76 Å². The van der Waals surface area contributed by atoms with Crippen molar-refractivity contribution < 1.29 is 13.9 Å². The number of nitrogens with one attached hydrogen (secondary N) is 2. The van der Waals surface area contributed by atoms with E-state index in [1.807, 2.05) is 0 Å². The Kier molecular flexibility index (Phi) is 3.77. The van der Waals surface area contributed by atoms with Gasteiger partial charge in [0.2, 0.25) is 0 Å². The Bertz CT molecular complexity index is 443. The van der Waals surface area contributed by atoms with Crippen molar-refractivity contribution in [2.24, 2.45) is 0 Å². The van der Waals surface area contributed by atoms with Crippen molar-refractivity contribution in [2.45, 2.75) is 6.92 Å². The number of ether oxygens (including phenoxy) is 1. The quantitative estimate of drug-likeness (QED) is 0.458. The third-order valence-corrected chi connectivity index (χ3v) is 1.61. The lowest BCUT2D eigenvalue weighted by atomic mass is 10.2. The van der Waals surface area contributed by atoms with Crippen molar-refractivity contribution in [3.8, 4) is 0 Å². The molecular weight excluding hydrogens is 211 g/mol. The van der Waals surface area contributed by atoms with Gasteiger partial charge in [0.25, 0.3) is 0 Å². The lowest BCUT2D eigenvalue weighted by Gasteiger charge is -2.07. The van der Waals surface area contributed by atoms with E-state index >= 15 is 0 Å². The maximum absolute atomic E-state index is 12.8. The number of hydrogen-bond donors (Lipinski definition) is 2. The molecule has 84 valence electrons. The van der Waals surface area contributed by atoms with Gasteiger partial charge in [-0.2, -0.15) is 0 Å². The van der Waals surface area contributed by atoms with E-state index < -0.39 is 11.9 Å². The van der Waals surface area contributed by atoms with E-state index in [-0.39, 0.29) is 17.2 Å². The number of halogens is 1. The molecule has 0 radical (unpaired) electrons. The Morgan fingerprint density at radius 2 is 2.25 bits per heavy atom. The molecule has 2 N–H and O–H groups in total. The number of carbonyl (C=O) groups excluding carboxylic acids is 1. The van der Waals surface area contributed by atoms with E-state index in [2.05, 4.69) is 16.6 Å². The van der Waals surface area contributed by atoms with Gasteiger partial charge in [-0.1, -0.05) is 18.7 Å². The van der Waals surface area contributed by atoms with Crippen LogP contribution in [0.25, 0.3) is 0 Å². The van der Waals surface area contributed by atoms with Crippen LogP contribution >= 0.6 is 0 Å². The van der Waals surface area contributed by atoms with Gasteiger partial charge in [-0.3, -0.25) is 10.7 Å². The first-order valence-electron chi connectivity index (χ1n) is 4.48. The highest BCUT2D eigenvalue weighted by Crippen LogP contribution is 2.03. The predicted octanol–water partition coefficient (Wildman–Crippen LogP) is 2.41. The molecule has 0 saturated carbocycles. The molecule has 1 rings (SSSR count). The van der Waals surface area contributed by atoms with Crippen LogP contribution in [0.5, 0.6) is 0 Å². The fourth-order valence-corrected chi connectivity index (χ4v) is 1.00. The normalized spacial score (nSPS) is 9.38. The zero-order chi connectivity index (χ0) is 12.1. The molecule has 4 nitrogen and oxygen atoms in total. The monoisotopic (exact) mass is 222 g/mol. The summed E-state index contributed by atoms with van der Waals surface area (Å²) in [4.78, 5) is 11.1. The van der Waals surface area contributed by atoms with Crippen LogP contribution in [-0.2, 0) is 4.74 Å². The van der Waals surface area contributed by atoms with Gasteiger partial charge in [0.1, 0.15) is 11.7 Å². The summed E-state index contributed by atoms with van der Waals surface area (Å²) in [6.07, 6.45) is -0.818. The maximum atomic E-state index is 12.8. The zero-order valence-electron chi connectivity index (χ0n) is 8.71. The highest BCUT2D eigenvalue weighted by atomic mass is 19.1. The van der Waals surface area contributed by atoms with Crippen LogP contribution in [0, 0.1) is 11.2 Å². The van der Waals surface area contributed by atoms with Gasteiger partial charge < -0.3 is 4.74 Å². The lowest BCUT2D eigenvalue weighted by Crippen LogP contribution is -2.30. The molecule has 0 bridgehead atoms. The third kappa shape index (κ3) is 3.53. The molecule has 1 amide bonds. The highest BCUT2D eigenvalue weighted by molar-refractivity contribution is 6.04. The fraction of sp³-hybridized carbons (Fsp3) is 0.0909. The molecule has 0 fully saturated rings. The van der Waals surface area contributed by atoms with Crippen molar-refractivity contribution in [1.29, 1.82) is 5.41 Å². The smallest absolute Gasteiger partial charge is 0.416 e. The largest absolute Gasteiger partial charge is 0.417 e. The summed E-state index contributed by atoms with van der Waals surface area (Å²) in [6.45, 7) is 4.88. The lowest BCUT2D eigenvalue weighted by molar-refractivity contribution is 0.182. The molecule has 1 aromatic carbocycles. The summed E-state index contributed by atoms with van der Waals surface area (Å²) < 4.78 is 17.4. The van der Waals surface area contributed by atoms with Crippen molar-refractivity contribution in [3.63, 3.8) is 0 Å². The Balaban J connectivity index is 2.66. The molecule has 1 aromatic rings. The van der Waals surface area contributed by atoms with E-state index in [1.54, 1.807) is 0 Å². The van der Waals surface area contributed by atoms with Crippen LogP contribution in [0.4, 0.5) is 9.18 Å². The van der Waals surface area contributed by atoms with Gasteiger partial charge in [0.15, 0.2) is 0 Å². The summed E-state index contributed by atoms with van der Waals surface area (Å²) in [5.41, 5.74) is 0.263. The number of benzene rings is 1. The summed E-state index contributed by atoms with van der Waals surface area (Å²) in [5, 5.41) is 9.64. The Morgan fingerprint density at radius 3 is 2.81 bits per heavy atom. The van der Waals surface area contributed by atoms with Gasteiger partial charge >= 0.3 is 6.09 Å². The van der Waals surface area contributed by atoms with Crippen LogP contribution in [0.15, 0.2) is 36.6 Å². The van der Waals surface area contributed by atoms with Crippen molar-refractivity contribution in [3.05, 3.63) is 48.0 Å². The van der Waals surface area contributed by atoms with Crippen LogP contribution < -0.4 is 5.32 Å². The summed E-state index contributed by atoms with van der Waals surface area (Å²) >= 11 is 0. The van der Waals surface area contributed by atoms with E-state index in [4.69, 9.17) is 5.41 Å².